The van der Waals surface area contributed by atoms with Crippen LogP contribution in [0.1, 0.15) is 17.0 Å². The first-order chi connectivity index (χ1) is 11.1. The summed E-state index contributed by atoms with van der Waals surface area (Å²) < 4.78 is 0. The number of thioether (sulfide) groups is 1. The quantitative estimate of drug-likeness (QED) is 0.872. The minimum absolute atomic E-state index is 0.239. The number of carbonyl (C=O) groups excluding carboxylic acids is 1. The molecule has 2 aromatic rings. The van der Waals surface area contributed by atoms with Crippen LogP contribution in [0.5, 0.6) is 0 Å². The summed E-state index contributed by atoms with van der Waals surface area (Å²) in [7, 11) is 0. The van der Waals surface area contributed by atoms with Gasteiger partial charge in [-0.2, -0.15) is 11.8 Å². The predicted molar refractivity (Wildman–Crippen MR) is 95.9 cm³/mol. The third-order valence-corrected chi connectivity index (χ3v) is 5.94. The number of rotatable bonds is 5. The highest BCUT2D eigenvalue weighted by molar-refractivity contribution is 7.99. The van der Waals surface area contributed by atoms with E-state index < -0.39 is 5.60 Å². The Bertz CT molecular complexity index is 676. The largest absolute Gasteiger partial charge is 0.379 e. The fourth-order valence-electron chi connectivity index (χ4n) is 2.56. The minimum Gasteiger partial charge on any atom is -0.379 e. The van der Waals surface area contributed by atoms with Gasteiger partial charge in [-0.1, -0.05) is 24.3 Å². The van der Waals surface area contributed by atoms with E-state index in [0.29, 0.717) is 18.7 Å². The third kappa shape index (κ3) is 3.94. The summed E-state index contributed by atoms with van der Waals surface area (Å²) in [6.07, 6.45) is 1.30. The molecule has 1 aromatic carbocycles. The van der Waals surface area contributed by atoms with Crippen molar-refractivity contribution in [3.63, 3.8) is 0 Å². The number of carbonyl (C=O) groups is 1. The van der Waals surface area contributed by atoms with Gasteiger partial charge in [-0.05, 0) is 31.1 Å². The molecule has 1 atom stereocenters. The lowest BCUT2D eigenvalue weighted by atomic mass is 10.0. The van der Waals surface area contributed by atoms with Gasteiger partial charge in [-0.15, -0.1) is 11.3 Å². The first kappa shape index (κ1) is 16.5. The molecule has 0 aliphatic carbocycles. The Morgan fingerprint density at radius 2 is 2.17 bits per heavy atom. The molecule has 1 aliphatic heterocycles. The van der Waals surface area contributed by atoms with Crippen LogP contribution in [0.15, 0.2) is 29.6 Å². The molecule has 6 heteroatoms. The first-order valence-corrected chi connectivity index (χ1v) is 9.70. The van der Waals surface area contributed by atoms with E-state index in [9.17, 15) is 9.90 Å². The van der Waals surface area contributed by atoms with Crippen molar-refractivity contribution in [2.75, 3.05) is 18.1 Å². The smallest absolute Gasteiger partial charge is 0.252 e. The van der Waals surface area contributed by atoms with Crippen molar-refractivity contribution in [2.45, 2.75) is 25.4 Å². The number of nitrogens with one attached hydrogen (secondary N) is 1. The van der Waals surface area contributed by atoms with Crippen molar-refractivity contribution < 1.29 is 9.90 Å². The highest BCUT2D eigenvalue weighted by Crippen LogP contribution is 2.27. The second-order valence-corrected chi connectivity index (χ2v) is 7.96. The van der Waals surface area contributed by atoms with Gasteiger partial charge in [0.15, 0.2) is 5.60 Å². The van der Waals surface area contributed by atoms with Gasteiger partial charge in [0.05, 0.1) is 10.7 Å². The number of amides is 1. The zero-order valence-electron chi connectivity index (χ0n) is 13.0. The van der Waals surface area contributed by atoms with Crippen LogP contribution < -0.4 is 5.32 Å². The molecule has 0 saturated carbocycles. The van der Waals surface area contributed by atoms with Crippen LogP contribution in [0.3, 0.4) is 0 Å². The second kappa shape index (κ2) is 7.03. The molecule has 2 heterocycles. The topological polar surface area (TPSA) is 62.2 Å². The van der Waals surface area contributed by atoms with Crippen molar-refractivity contribution in [3.8, 4) is 11.3 Å². The summed E-state index contributed by atoms with van der Waals surface area (Å²) in [6, 6.07) is 8.26. The average Bonchev–Trinajstić information content (AvgIpc) is 3.17. The molecular weight excluding hydrogens is 328 g/mol. The maximum atomic E-state index is 12.0. The first-order valence-electron chi connectivity index (χ1n) is 7.67. The monoisotopic (exact) mass is 348 g/mol. The Balaban J connectivity index is 1.52. The lowest BCUT2D eigenvalue weighted by Crippen LogP contribution is -2.47. The third-order valence-electron chi connectivity index (χ3n) is 3.99. The summed E-state index contributed by atoms with van der Waals surface area (Å²) in [6.45, 7) is 2.54. The molecule has 0 bridgehead atoms. The van der Waals surface area contributed by atoms with Crippen LogP contribution in [0, 0.1) is 6.92 Å². The molecule has 23 heavy (non-hydrogen) atoms. The summed E-state index contributed by atoms with van der Waals surface area (Å²) in [4.78, 5) is 16.5. The fourth-order valence-corrected chi connectivity index (χ4v) is 4.42. The normalized spacial score (nSPS) is 20.6. The van der Waals surface area contributed by atoms with E-state index in [1.54, 1.807) is 23.1 Å². The molecule has 1 aliphatic rings. The van der Waals surface area contributed by atoms with Crippen LogP contribution in [0.25, 0.3) is 11.3 Å². The molecule has 0 radical (unpaired) electrons. The minimum atomic E-state index is -1.17. The van der Waals surface area contributed by atoms with Crippen molar-refractivity contribution in [2.24, 2.45) is 0 Å². The van der Waals surface area contributed by atoms with Crippen molar-refractivity contribution in [1.82, 2.24) is 10.3 Å². The maximum absolute atomic E-state index is 12.0. The molecule has 1 aromatic heterocycles. The lowest BCUT2D eigenvalue weighted by molar-refractivity contribution is -0.137. The van der Waals surface area contributed by atoms with Crippen molar-refractivity contribution in [1.29, 1.82) is 0 Å². The highest BCUT2D eigenvalue weighted by Gasteiger charge is 2.39. The number of aliphatic hydroxyl groups is 1. The predicted octanol–water partition coefficient (Wildman–Crippen LogP) is 2.65. The number of aryl methyl sites for hydroxylation is 1. The van der Waals surface area contributed by atoms with E-state index in [2.05, 4.69) is 39.9 Å². The molecule has 1 saturated heterocycles. The van der Waals surface area contributed by atoms with Gasteiger partial charge in [-0.3, -0.25) is 4.79 Å². The molecule has 1 fully saturated rings. The number of nitrogens with zero attached hydrogens (tertiary/aromatic N) is 1. The van der Waals surface area contributed by atoms with Gasteiger partial charge < -0.3 is 10.4 Å². The number of hydrogen-bond acceptors (Lipinski definition) is 5. The second-order valence-electron chi connectivity index (χ2n) is 5.79. The number of aromatic nitrogens is 1. The van der Waals surface area contributed by atoms with E-state index >= 15 is 0 Å². The summed E-state index contributed by atoms with van der Waals surface area (Å²) >= 11 is 3.27. The molecule has 122 valence electrons. The van der Waals surface area contributed by atoms with E-state index in [0.717, 1.165) is 34.0 Å². The SMILES string of the molecule is Cc1nc(-c2ccc(CCNC(=O)[C@@]3(O)CCSC3)cc2)cs1. The summed E-state index contributed by atoms with van der Waals surface area (Å²) in [5, 5.41) is 16.2. The van der Waals surface area contributed by atoms with E-state index in [4.69, 9.17) is 0 Å². The van der Waals surface area contributed by atoms with E-state index in [1.807, 2.05) is 6.92 Å². The molecule has 1 amide bonds. The van der Waals surface area contributed by atoms with Gasteiger partial charge in [0.25, 0.3) is 5.91 Å². The Morgan fingerprint density at radius 3 is 2.78 bits per heavy atom. The van der Waals surface area contributed by atoms with Crippen LogP contribution in [0.4, 0.5) is 0 Å². The van der Waals surface area contributed by atoms with Gasteiger partial charge in [-0.25, -0.2) is 4.98 Å². The number of hydrogen-bond donors (Lipinski definition) is 2. The molecule has 0 unspecified atom stereocenters. The fraction of sp³-hybridized carbons (Fsp3) is 0.412. The van der Waals surface area contributed by atoms with Crippen molar-refractivity contribution >= 4 is 29.0 Å². The maximum Gasteiger partial charge on any atom is 0.252 e. The Morgan fingerprint density at radius 1 is 1.39 bits per heavy atom. The highest BCUT2D eigenvalue weighted by atomic mass is 32.2. The zero-order valence-corrected chi connectivity index (χ0v) is 14.7. The average molecular weight is 348 g/mol. The molecule has 4 nitrogen and oxygen atoms in total. The number of benzene rings is 1. The lowest BCUT2D eigenvalue weighted by Gasteiger charge is -2.20. The number of thiazole rings is 1. The Labute approximate surface area is 144 Å². The molecule has 0 spiro atoms. The summed E-state index contributed by atoms with van der Waals surface area (Å²) in [5.74, 6) is 1.11. The van der Waals surface area contributed by atoms with Crippen LogP contribution in [0.2, 0.25) is 0 Å². The van der Waals surface area contributed by atoms with Crippen LogP contribution in [-0.2, 0) is 11.2 Å². The van der Waals surface area contributed by atoms with Gasteiger partial charge in [0.2, 0.25) is 0 Å². The molecule has 2 N–H and O–H groups in total. The zero-order chi connectivity index (χ0) is 16.3. The molecular formula is C17H20N2O2S2. The standard InChI is InChI=1S/C17H20N2O2S2/c1-12-19-15(10-23-12)14-4-2-13(3-5-14)6-8-18-16(20)17(21)7-9-22-11-17/h2-5,10,21H,6-9,11H2,1H3,(H,18,20)/t17-/m1/s1. The van der Waals surface area contributed by atoms with E-state index in [-0.39, 0.29) is 5.91 Å². The van der Waals surface area contributed by atoms with Crippen LogP contribution >= 0.6 is 23.1 Å². The van der Waals surface area contributed by atoms with Gasteiger partial charge in [0, 0.05) is 23.2 Å². The summed E-state index contributed by atoms with van der Waals surface area (Å²) in [5.41, 5.74) is 2.11. The molecule has 3 rings (SSSR count). The van der Waals surface area contributed by atoms with Gasteiger partial charge in [0.1, 0.15) is 0 Å². The van der Waals surface area contributed by atoms with Crippen molar-refractivity contribution in [3.05, 3.63) is 40.2 Å². The van der Waals surface area contributed by atoms with Gasteiger partial charge >= 0.3 is 0 Å². The Hall–Kier alpha value is -1.37. The van der Waals surface area contributed by atoms with E-state index in [1.165, 1.54) is 0 Å². The van der Waals surface area contributed by atoms with Crippen LogP contribution in [-0.4, -0.2) is 39.6 Å². The Kier molecular flexibility index (Phi) is 5.04.